The molecule has 0 saturated carbocycles. The maximum atomic E-state index is 11.4. The van der Waals surface area contributed by atoms with E-state index in [0.29, 0.717) is 18.7 Å². The quantitative estimate of drug-likeness (QED) is 0.447. The molecule has 0 fully saturated rings. The standard InChI is InChI=1S/C17H16N6O2/c1-12-19-13-6-2-3-7-14(13)21(12)11-9-18-16-17(23(24)25)22-10-5-4-8-15(22)20-16/h2-8,10,18H,9,11H2,1H3. The summed E-state index contributed by atoms with van der Waals surface area (Å²) in [6.45, 7) is 3.09. The lowest BCUT2D eigenvalue weighted by atomic mass is 10.3. The number of fused-ring (bicyclic) bond motifs is 2. The smallest absolute Gasteiger partial charge is 0.361 e. The summed E-state index contributed by atoms with van der Waals surface area (Å²) >= 11 is 0. The van der Waals surface area contributed by atoms with Gasteiger partial charge in [-0.3, -0.25) is 0 Å². The summed E-state index contributed by atoms with van der Waals surface area (Å²) in [5.74, 6) is 1.13. The van der Waals surface area contributed by atoms with E-state index in [1.807, 2.05) is 31.2 Å². The third-order valence-electron chi connectivity index (χ3n) is 4.15. The summed E-state index contributed by atoms with van der Waals surface area (Å²) in [5.41, 5.74) is 2.53. The Morgan fingerprint density at radius 3 is 2.80 bits per heavy atom. The van der Waals surface area contributed by atoms with E-state index in [9.17, 15) is 10.1 Å². The Balaban J connectivity index is 1.59. The molecule has 0 aliphatic heterocycles. The molecule has 8 nitrogen and oxygen atoms in total. The number of hydrogen-bond acceptors (Lipinski definition) is 5. The normalized spacial score (nSPS) is 11.2. The predicted octanol–water partition coefficient (Wildman–Crippen LogP) is 3.01. The maximum absolute atomic E-state index is 11.4. The van der Waals surface area contributed by atoms with Crippen LogP contribution in [0.5, 0.6) is 0 Å². The first-order valence-corrected chi connectivity index (χ1v) is 7.92. The van der Waals surface area contributed by atoms with Crippen molar-refractivity contribution in [3.8, 4) is 0 Å². The van der Waals surface area contributed by atoms with Gasteiger partial charge in [-0.05, 0) is 30.0 Å². The fourth-order valence-corrected chi connectivity index (χ4v) is 3.04. The van der Waals surface area contributed by atoms with Crippen molar-refractivity contribution >= 4 is 28.3 Å². The summed E-state index contributed by atoms with van der Waals surface area (Å²) in [6, 6.07) is 13.2. The van der Waals surface area contributed by atoms with Gasteiger partial charge in [0.25, 0.3) is 0 Å². The molecule has 3 heterocycles. The Kier molecular flexibility index (Phi) is 3.57. The van der Waals surface area contributed by atoms with Crippen molar-refractivity contribution in [2.75, 3.05) is 11.9 Å². The van der Waals surface area contributed by atoms with Gasteiger partial charge < -0.3 is 20.0 Å². The van der Waals surface area contributed by atoms with Gasteiger partial charge >= 0.3 is 5.82 Å². The highest BCUT2D eigenvalue weighted by Gasteiger charge is 2.21. The maximum Gasteiger partial charge on any atom is 0.372 e. The number of aromatic nitrogens is 4. The highest BCUT2D eigenvalue weighted by Crippen LogP contribution is 2.25. The van der Waals surface area contributed by atoms with Crippen molar-refractivity contribution in [2.24, 2.45) is 0 Å². The van der Waals surface area contributed by atoms with Gasteiger partial charge in [0.05, 0.1) is 17.2 Å². The second-order valence-electron chi connectivity index (χ2n) is 5.70. The Bertz CT molecular complexity index is 1080. The van der Waals surface area contributed by atoms with Crippen molar-refractivity contribution in [1.82, 2.24) is 18.9 Å². The Morgan fingerprint density at radius 1 is 1.16 bits per heavy atom. The predicted molar refractivity (Wildman–Crippen MR) is 94.8 cm³/mol. The molecule has 0 bridgehead atoms. The van der Waals surface area contributed by atoms with E-state index < -0.39 is 4.92 Å². The molecule has 3 aromatic heterocycles. The van der Waals surface area contributed by atoms with Crippen LogP contribution in [0.1, 0.15) is 5.82 Å². The molecule has 0 aliphatic rings. The van der Waals surface area contributed by atoms with Crippen LogP contribution in [-0.4, -0.2) is 30.4 Å². The van der Waals surface area contributed by atoms with Gasteiger partial charge in [-0.15, -0.1) is 0 Å². The van der Waals surface area contributed by atoms with E-state index in [4.69, 9.17) is 0 Å². The summed E-state index contributed by atoms with van der Waals surface area (Å²) in [4.78, 5) is 19.8. The molecule has 126 valence electrons. The van der Waals surface area contributed by atoms with Crippen LogP contribution in [0, 0.1) is 17.0 Å². The van der Waals surface area contributed by atoms with Crippen molar-refractivity contribution < 1.29 is 4.92 Å². The van der Waals surface area contributed by atoms with Crippen molar-refractivity contribution in [3.05, 3.63) is 64.6 Å². The first-order valence-electron chi connectivity index (χ1n) is 7.92. The lowest BCUT2D eigenvalue weighted by Crippen LogP contribution is -2.12. The molecule has 0 amide bonds. The van der Waals surface area contributed by atoms with Crippen molar-refractivity contribution in [2.45, 2.75) is 13.5 Å². The summed E-state index contributed by atoms with van der Waals surface area (Å²) in [5, 5.41) is 14.5. The SMILES string of the molecule is Cc1nc2ccccc2n1CCNc1nc2ccccn2c1[N+](=O)[O-]. The Hall–Kier alpha value is -3.42. The molecule has 1 aromatic carbocycles. The van der Waals surface area contributed by atoms with Crippen LogP contribution in [0.2, 0.25) is 0 Å². The number of anilines is 1. The fraction of sp³-hybridized carbons (Fsp3) is 0.176. The molecule has 0 spiro atoms. The minimum atomic E-state index is -0.416. The average Bonchev–Trinajstić information content (AvgIpc) is 3.12. The molecule has 0 atom stereocenters. The molecule has 1 N–H and O–H groups in total. The van der Waals surface area contributed by atoms with Gasteiger partial charge in [0.2, 0.25) is 11.5 Å². The van der Waals surface area contributed by atoms with Gasteiger partial charge in [-0.2, -0.15) is 9.38 Å². The van der Waals surface area contributed by atoms with E-state index in [1.165, 1.54) is 4.40 Å². The van der Waals surface area contributed by atoms with Crippen LogP contribution >= 0.6 is 0 Å². The fourth-order valence-electron chi connectivity index (χ4n) is 3.04. The largest absolute Gasteiger partial charge is 0.372 e. The van der Waals surface area contributed by atoms with Gasteiger partial charge in [-0.25, -0.2) is 4.98 Å². The number of rotatable bonds is 5. The number of nitrogens with zero attached hydrogens (tertiary/aromatic N) is 5. The van der Waals surface area contributed by atoms with Gasteiger partial charge in [-0.1, -0.05) is 18.2 Å². The number of nitrogens with one attached hydrogen (secondary N) is 1. The number of imidazole rings is 2. The molecule has 25 heavy (non-hydrogen) atoms. The lowest BCUT2D eigenvalue weighted by Gasteiger charge is -2.07. The summed E-state index contributed by atoms with van der Waals surface area (Å²) < 4.78 is 3.56. The number of pyridine rings is 1. The Morgan fingerprint density at radius 2 is 1.96 bits per heavy atom. The van der Waals surface area contributed by atoms with E-state index in [0.717, 1.165) is 16.9 Å². The zero-order chi connectivity index (χ0) is 17.4. The molecule has 0 aliphatic carbocycles. The Labute approximate surface area is 142 Å². The minimum Gasteiger partial charge on any atom is -0.361 e. The number of hydrogen-bond donors (Lipinski definition) is 1. The summed E-state index contributed by atoms with van der Waals surface area (Å²) in [7, 11) is 0. The van der Waals surface area contributed by atoms with Crippen LogP contribution in [-0.2, 0) is 6.54 Å². The lowest BCUT2D eigenvalue weighted by molar-refractivity contribution is -0.389. The average molecular weight is 336 g/mol. The topological polar surface area (TPSA) is 90.3 Å². The minimum absolute atomic E-state index is 0.0530. The zero-order valence-corrected chi connectivity index (χ0v) is 13.6. The third kappa shape index (κ3) is 2.57. The monoisotopic (exact) mass is 336 g/mol. The molecule has 0 radical (unpaired) electrons. The zero-order valence-electron chi connectivity index (χ0n) is 13.6. The second kappa shape index (κ2) is 5.90. The first kappa shape index (κ1) is 15.1. The van der Waals surface area contributed by atoms with E-state index in [-0.39, 0.29) is 11.6 Å². The molecule has 8 heteroatoms. The number of benzene rings is 1. The van der Waals surface area contributed by atoms with Crippen LogP contribution in [0.15, 0.2) is 48.7 Å². The molecule has 0 saturated heterocycles. The van der Waals surface area contributed by atoms with E-state index >= 15 is 0 Å². The molecule has 4 aromatic rings. The van der Waals surface area contributed by atoms with Crippen LogP contribution in [0.4, 0.5) is 11.6 Å². The van der Waals surface area contributed by atoms with Gasteiger partial charge in [0, 0.05) is 19.2 Å². The van der Waals surface area contributed by atoms with Crippen LogP contribution in [0.3, 0.4) is 0 Å². The molecule has 4 rings (SSSR count). The van der Waals surface area contributed by atoms with E-state index in [2.05, 4.69) is 19.9 Å². The molecule has 0 unspecified atom stereocenters. The first-order chi connectivity index (χ1) is 12.1. The van der Waals surface area contributed by atoms with Crippen LogP contribution in [0.25, 0.3) is 16.7 Å². The third-order valence-corrected chi connectivity index (χ3v) is 4.15. The molecular weight excluding hydrogens is 320 g/mol. The number of nitro groups is 1. The highest BCUT2D eigenvalue weighted by atomic mass is 16.6. The van der Waals surface area contributed by atoms with Crippen LogP contribution < -0.4 is 5.32 Å². The molecular formula is C17H16N6O2. The van der Waals surface area contributed by atoms with Crippen molar-refractivity contribution in [3.63, 3.8) is 0 Å². The van der Waals surface area contributed by atoms with Crippen molar-refractivity contribution in [1.29, 1.82) is 0 Å². The number of para-hydroxylation sites is 2. The van der Waals surface area contributed by atoms with Gasteiger partial charge in [0.15, 0.2) is 0 Å². The highest BCUT2D eigenvalue weighted by molar-refractivity contribution is 5.75. The number of aryl methyl sites for hydroxylation is 1. The van der Waals surface area contributed by atoms with E-state index in [1.54, 1.807) is 24.4 Å². The summed E-state index contributed by atoms with van der Waals surface area (Å²) in [6.07, 6.45) is 1.64. The second-order valence-corrected chi connectivity index (χ2v) is 5.70. The van der Waals surface area contributed by atoms with Gasteiger partial charge in [0.1, 0.15) is 5.82 Å².